The zero-order valence-corrected chi connectivity index (χ0v) is 10.4. The summed E-state index contributed by atoms with van der Waals surface area (Å²) < 4.78 is 5.71. The molecule has 0 spiro atoms. The molecule has 0 saturated carbocycles. The van der Waals surface area contributed by atoms with Crippen molar-refractivity contribution in [1.29, 1.82) is 0 Å². The van der Waals surface area contributed by atoms with Crippen LogP contribution in [-0.4, -0.2) is 16.3 Å². The molecule has 0 amide bonds. The average molecular weight is 242 g/mol. The minimum atomic E-state index is 0.322. The van der Waals surface area contributed by atoms with Gasteiger partial charge in [-0.2, -0.15) is 0 Å². The summed E-state index contributed by atoms with van der Waals surface area (Å²) >= 11 is 0. The third-order valence-corrected chi connectivity index (χ3v) is 2.58. The lowest BCUT2D eigenvalue weighted by molar-refractivity contribution is 0.112. The van der Waals surface area contributed by atoms with E-state index in [4.69, 9.17) is 4.74 Å². The van der Waals surface area contributed by atoms with Gasteiger partial charge in [0, 0.05) is 18.0 Å². The minimum absolute atomic E-state index is 0.322. The molecule has 0 aliphatic rings. The predicted molar refractivity (Wildman–Crippen MR) is 67.7 cm³/mol. The number of aromatic nitrogens is 2. The normalized spacial score (nSPS) is 10.1. The van der Waals surface area contributed by atoms with E-state index in [2.05, 4.69) is 9.97 Å². The molecule has 2 rings (SSSR count). The third kappa shape index (κ3) is 2.71. The number of nitrogens with zero attached hydrogens (tertiary/aromatic N) is 2. The Kier molecular flexibility index (Phi) is 3.67. The molecule has 1 heterocycles. The first kappa shape index (κ1) is 12.2. The lowest BCUT2D eigenvalue weighted by atomic mass is 10.1. The topological polar surface area (TPSA) is 52.1 Å². The second-order valence-corrected chi connectivity index (χ2v) is 4.06. The number of aryl methyl sites for hydroxylation is 2. The lowest BCUT2D eigenvalue weighted by Crippen LogP contribution is -2.03. The fraction of sp³-hybridized carbons (Fsp3) is 0.214. The number of carbonyl (C=O) groups excluding carboxylic acids is 1. The van der Waals surface area contributed by atoms with Gasteiger partial charge in [0.2, 0.25) is 0 Å². The Morgan fingerprint density at radius 3 is 2.33 bits per heavy atom. The zero-order valence-electron chi connectivity index (χ0n) is 10.4. The first-order chi connectivity index (χ1) is 8.70. The molecular weight excluding hydrogens is 228 g/mol. The van der Waals surface area contributed by atoms with Crippen LogP contribution in [0.5, 0.6) is 5.75 Å². The molecule has 0 aliphatic heterocycles. The van der Waals surface area contributed by atoms with Crippen LogP contribution in [-0.2, 0) is 6.61 Å². The summed E-state index contributed by atoms with van der Waals surface area (Å²) in [5.41, 5.74) is 2.54. The van der Waals surface area contributed by atoms with Crippen molar-refractivity contribution < 1.29 is 9.53 Å². The van der Waals surface area contributed by atoms with Gasteiger partial charge in [0.1, 0.15) is 18.6 Å². The number of ether oxygens (including phenoxy) is 1. The van der Waals surface area contributed by atoms with Crippen LogP contribution in [0.4, 0.5) is 0 Å². The van der Waals surface area contributed by atoms with Gasteiger partial charge in [0.05, 0.1) is 0 Å². The molecular formula is C14H14N2O2. The SMILES string of the molecule is Cc1cc(C=O)cc(C)c1OCc1ncccn1. The van der Waals surface area contributed by atoms with E-state index in [-0.39, 0.29) is 0 Å². The maximum atomic E-state index is 10.7. The van der Waals surface area contributed by atoms with E-state index >= 15 is 0 Å². The Bertz CT molecular complexity index is 530. The van der Waals surface area contributed by atoms with Crippen molar-refractivity contribution in [2.45, 2.75) is 20.5 Å². The molecule has 0 unspecified atom stereocenters. The Labute approximate surface area is 106 Å². The van der Waals surface area contributed by atoms with E-state index in [9.17, 15) is 4.79 Å². The molecule has 92 valence electrons. The van der Waals surface area contributed by atoms with E-state index in [0.717, 1.165) is 23.2 Å². The highest BCUT2D eigenvalue weighted by molar-refractivity contribution is 5.76. The van der Waals surface area contributed by atoms with Gasteiger partial charge in [-0.15, -0.1) is 0 Å². The molecule has 0 saturated heterocycles. The van der Waals surface area contributed by atoms with Crippen molar-refractivity contribution >= 4 is 6.29 Å². The van der Waals surface area contributed by atoms with Crippen LogP contribution < -0.4 is 4.74 Å². The van der Waals surface area contributed by atoms with Crippen molar-refractivity contribution in [2.75, 3.05) is 0 Å². The number of hydrogen-bond donors (Lipinski definition) is 0. The third-order valence-electron chi connectivity index (χ3n) is 2.58. The molecule has 0 fully saturated rings. The van der Waals surface area contributed by atoms with Crippen LogP contribution in [0, 0.1) is 13.8 Å². The highest BCUT2D eigenvalue weighted by atomic mass is 16.5. The summed E-state index contributed by atoms with van der Waals surface area (Å²) in [7, 11) is 0. The molecule has 0 bridgehead atoms. The van der Waals surface area contributed by atoms with Crippen molar-refractivity contribution in [2.24, 2.45) is 0 Å². The summed E-state index contributed by atoms with van der Waals surface area (Å²) in [5.74, 6) is 1.42. The molecule has 1 aromatic carbocycles. The standard InChI is InChI=1S/C14H14N2O2/c1-10-6-12(8-17)7-11(2)14(10)18-9-13-15-4-3-5-16-13/h3-8H,9H2,1-2H3. The summed E-state index contributed by atoms with van der Waals surface area (Å²) in [6.45, 7) is 4.16. The average Bonchev–Trinajstić information content (AvgIpc) is 2.38. The largest absolute Gasteiger partial charge is 0.485 e. The molecule has 0 aliphatic carbocycles. The lowest BCUT2D eigenvalue weighted by Gasteiger charge is -2.12. The second-order valence-electron chi connectivity index (χ2n) is 4.06. The van der Waals surface area contributed by atoms with Crippen LogP contribution >= 0.6 is 0 Å². The Morgan fingerprint density at radius 2 is 1.78 bits per heavy atom. The van der Waals surface area contributed by atoms with E-state index in [1.165, 1.54) is 0 Å². The molecule has 2 aromatic rings. The maximum Gasteiger partial charge on any atom is 0.166 e. The van der Waals surface area contributed by atoms with Gasteiger partial charge in [-0.3, -0.25) is 4.79 Å². The zero-order chi connectivity index (χ0) is 13.0. The van der Waals surface area contributed by atoms with Gasteiger partial charge in [0.15, 0.2) is 5.82 Å². The van der Waals surface area contributed by atoms with Gasteiger partial charge >= 0.3 is 0 Å². The number of aldehydes is 1. The van der Waals surface area contributed by atoms with Crippen LogP contribution in [0.2, 0.25) is 0 Å². The molecule has 0 atom stereocenters. The highest BCUT2D eigenvalue weighted by Crippen LogP contribution is 2.24. The first-order valence-electron chi connectivity index (χ1n) is 5.66. The Morgan fingerprint density at radius 1 is 1.17 bits per heavy atom. The maximum absolute atomic E-state index is 10.7. The van der Waals surface area contributed by atoms with Gasteiger partial charge < -0.3 is 4.74 Å². The van der Waals surface area contributed by atoms with E-state index in [1.807, 2.05) is 13.8 Å². The van der Waals surface area contributed by atoms with Crippen LogP contribution in [0.3, 0.4) is 0 Å². The quantitative estimate of drug-likeness (QED) is 0.773. The monoisotopic (exact) mass is 242 g/mol. The van der Waals surface area contributed by atoms with Crippen molar-refractivity contribution in [3.05, 3.63) is 53.1 Å². The van der Waals surface area contributed by atoms with E-state index in [1.54, 1.807) is 30.6 Å². The van der Waals surface area contributed by atoms with E-state index < -0.39 is 0 Å². The number of rotatable bonds is 4. The molecule has 0 N–H and O–H groups in total. The van der Waals surface area contributed by atoms with Crippen molar-refractivity contribution in [3.63, 3.8) is 0 Å². The van der Waals surface area contributed by atoms with Crippen LogP contribution in [0.1, 0.15) is 27.3 Å². The predicted octanol–water partition coefficient (Wildman–Crippen LogP) is 2.48. The Balaban J connectivity index is 2.17. The minimum Gasteiger partial charge on any atom is -0.485 e. The smallest absolute Gasteiger partial charge is 0.166 e. The molecule has 18 heavy (non-hydrogen) atoms. The fourth-order valence-electron chi connectivity index (χ4n) is 1.82. The molecule has 4 heteroatoms. The Hall–Kier alpha value is -2.23. The summed E-state index contributed by atoms with van der Waals surface area (Å²) in [6.07, 6.45) is 4.20. The summed E-state index contributed by atoms with van der Waals surface area (Å²) in [4.78, 5) is 18.9. The number of benzene rings is 1. The second kappa shape index (κ2) is 5.40. The number of hydrogen-bond acceptors (Lipinski definition) is 4. The van der Waals surface area contributed by atoms with Crippen LogP contribution in [0.25, 0.3) is 0 Å². The number of carbonyl (C=O) groups is 1. The van der Waals surface area contributed by atoms with Gasteiger partial charge in [0.25, 0.3) is 0 Å². The molecule has 4 nitrogen and oxygen atoms in total. The van der Waals surface area contributed by atoms with Gasteiger partial charge in [-0.05, 0) is 43.2 Å². The molecule has 1 aromatic heterocycles. The summed E-state index contributed by atoms with van der Waals surface area (Å²) in [6, 6.07) is 5.38. The first-order valence-corrected chi connectivity index (χ1v) is 5.66. The van der Waals surface area contributed by atoms with Crippen molar-refractivity contribution in [3.8, 4) is 5.75 Å². The van der Waals surface area contributed by atoms with Crippen molar-refractivity contribution in [1.82, 2.24) is 9.97 Å². The van der Waals surface area contributed by atoms with Gasteiger partial charge in [-0.1, -0.05) is 0 Å². The van der Waals surface area contributed by atoms with Gasteiger partial charge in [-0.25, -0.2) is 9.97 Å². The fourth-order valence-corrected chi connectivity index (χ4v) is 1.82. The van der Waals surface area contributed by atoms with Crippen LogP contribution in [0.15, 0.2) is 30.6 Å². The highest BCUT2D eigenvalue weighted by Gasteiger charge is 2.07. The molecule has 0 radical (unpaired) electrons. The summed E-state index contributed by atoms with van der Waals surface area (Å²) in [5, 5.41) is 0. The van der Waals surface area contributed by atoms with E-state index in [0.29, 0.717) is 18.0 Å².